The number of nitrogen functional groups attached to an aromatic ring is 1. The zero-order valence-corrected chi connectivity index (χ0v) is 15.3. The molecule has 28 heavy (non-hydrogen) atoms. The van der Waals surface area contributed by atoms with E-state index in [2.05, 4.69) is 83.1 Å². The number of anilines is 1. The number of para-hydroxylation sites is 3. The molecule has 0 fully saturated rings. The number of hydrogen-bond acceptors (Lipinski definition) is 1. The van der Waals surface area contributed by atoms with E-state index in [4.69, 9.17) is 5.73 Å². The summed E-state index contributed by atoms with van der Waals surface area (Å²) in [4.78, 5) is 0. The van der Waals surface area contributed by atoms with E-state index in [1.807, 2.05) is 30.3 Å². The van der Waals surface area contributed by atoms with Gasteiger partial charge in [-0.1, -0.05) is 60.4 Å². The second-order valence-corrected chi connectivity index (χ2v) is 6.76. The molecule has 5 rings (SSSR count). The molecule has 2 heteroatoms. The van der Waals surface area contributed by atoms with Crippen molar-refractivity contribution in [2.45, 2.75) is 0 Å². The van der Waals surface area contributed by atoms with E-state index in [-0.39, 0.29) is 0 Å². The van der Waals surface area contributed by atoms with E-state index in [0.29, 0.717) is 5.69 Å². The number of nitrogens with two attached hydrogens (primary N) is 1. The summed E-state index contributed by atoms with van der Waals surface area (Å²) in [6.45, 7) is 0. The summed E-state index contributed by atoms with van der Waals surface area (Å²) in [5.41, 5.74) is 12.1. The summed E-state index contributed by atoms with van der Waals surface area (Å²) < 4.78 is 2.30. The Bertz CT molecular complexity index is 1370. The van der Waals surface area contributed by atoms with E-state index in [0.717, 1.165) is 16.8 Å². The monoisotopic (exact) mass is 358 g/mol. The highest BCUT2D eigenvalue weighted by molar-refractivity contribution is 6.09. The first-order chi connectivity index (χ1) is 13.8. The molecule has 2 N–H and O–H groups in total. The summed E-state index contributed by atoms with van der Waals surface area (Å²) in [7, 11) is 0. The average Bonchev–Trinajstić information content (AvgIpc) is 3.08. The summed E-state index contributed by atoms with van der Waals surface area (Å²) >= 11 is 0. The maximum absolute atomic E-state index is 6.01. The molecule has 0 atom stereocenters. The zero-order valence-electron chi connectivity index (χ0n) is 15.3. The number of hydrogen-bond donors (Lipinski definition) is 1. The lowest BCUT2D eigenvalue weighted by molar-refractivity contribution is 1.18. The highest BCUT2D eigenvalue weighted by Gasteiger charge is 2.11. The van der Waals surface area contributed by atoms with Crippen LogP contribution >= 0.6 is 0 Å². The molecule has 0 radical (unpaired) electrons. The van der Waals surface area contributed by atoms with Crippen molar-refractivity contribution in [1.82, 2.24) is 4.57 Å². The van der Waals surface area contributed by atoms with Crippen LogP contribution < -0.4 is 5.73 Å². The maximum atomic E-state index is 6.01. The van der Waals surface area contributed by atoms with Crippen LogP contribution in [0, 0.1) is 11.8 Å². The van der Waals surface area contributed by atoms with Crippen LogP contribution in [-0.2, 0) is 0 Å². The van der Waals surface area contributed by atoms with E-state index in [1.54, 1.807) is 0 Å². The van der Waals surface area contributed by atoms with Crippen LogP contribution in [-0.4, -0.2) is 4.57 Å². The van der Waals surface area contributed by atoms with Crippen molar-refractivity contribution in [2.24, 2.45) is 0 Å². The van der Waals surface area contributed by atoms with Crippen LogP contribution in [0.4, 0.5) is 5.69 Å². The van der Waals surface area contributed by atoms with Crippen molar-refractivity contribution in [3.05, 3.63) is 108 Å². The second-order valence-electron chi connectivity index (χ2n) is 6.76. The van der Waals surface area contributed by atoms with Crippen molar-refractivity contribution >= 4 is 27.5 Å². The molecule has 1 heterocycles. The van der Waals surface area contributed by atoms with E-state index in [9.17, 15) is 0 Å². The molecular formula is C26H18N2. The highest BCUT2D eigenvalue weighted by atomic mass is 15.0. The molecule has 0 saturated heterocycles. The second kappa shape index (κ2) is 6.64. The number of rotatable bonds is 1. The average molecular weight is 358 g/mol. The fourth-order valence-corrected chi connectivity index (χ4v) is 3.66. The van der Waals surface area contributed by atoms with Gasteiger partial charge in [-0.05, 0) is 48.5 Å². The predicted octanol–water partition coefficient (Wildman–Crippen LogP) is 5.77. The minimum Gasteiger partial charge on any atom is -0.398 e. The van der Waals surface area contributed by atoms with Gasteiger partial charge in [-0.2, -0.15) is 0 Å². The number of nitrogens with zero attached hydrogens (tertiary/aromatic N) is 1. The first-order valence-electron chi connectivity index (χ1n) is 9.26. The standard InChI is InChI=1S/C26H18N2/c27-24-12-6-4-8-20(24)16-14-19-15-17-26-23(18-19)22-11-5-7-13-25(22)28(26)21-9-2-1-3-10-21/h1-13,15,17-18H,27H2. The summed E-state index contributed by atoms with van der Waals surface area (Å²) in [6, 6.07) is 33.1. The fraction of sp³-hybridized carbons (Fsp3) is 0. The van der Waals surface area contributed by atoms with Gasteiger partial charge >= 0.3 is 0 Å². The molecule has 0 aliphatic carbocycles. The van der Waals surface area contributed by atoms with Gasteiger partial charge < -0.3 is 10.3 Å². The Labute approximate surface area is 163 Å². The Morgan fingerprint density at radius 1 is 0.607 bits per heavy atom. The Kier molecular flexibility index (Phi) is 3.85. The van der Waals surface area contributed by atoms with Crippen LogP contribution in [0.5, 0.6) is 0 Å². The molecule has 0 aliphatic heterocycles. The van der Waals surface area contributed by atoms with Crippen LogP contribution in [0.1, 0.15) is 11.1 Å². The van der Waals surface area contributed by atoms with Gasteiger partial charge in [0.2, 0.25) is 0 Å². The Morgan fingerprint density at radius 2 is 1.32 bits per heavy atom. The van der Waals surface area contributed by atoms with Crippen molar-refractivity contribution in [3.63, 3.8) is 0 Å². The third kappa shape index (κ3) is 2.71. The Balaban J connectivity index is 1.72. The molecule has 1 aromatic heterocycles. The lowest BCUT2D eigenvalue weighted by Crippen LogP contribution is -1.92. The van der Waals surface area contributed by atoms with Crippen molar-refractivity contribution < 1.29 is 0 Å². The normalized spacial score (nSPS) is 10.7. The number of benzene rings is 4. The molecular weight excluding hydrogens is 340 g/mol. The number of fused-ring (bicyclic) bond motifs is 3. The minimum atomic E-state index is 0.705. The molecule has 0 aliphatic rings. The SMILES string of the molecule is Nc1ccccc1C#Cc1ccc2c(c1)c1ccccc1n2-c1ccccc1. The third-order valence-corrected chi connectivity index (χ3v) is 4.99. The molecule has 132 valence electrons. The molecule has 0 amide bonds. The lowest BCUT2D eigenvalue weighted by Gasteiger charge is -2.07. The highest BCUT2D eigenvalue weighted by Crippen LogP contribution is 2.32. The van der Waals surface area contributed by atoms with Gasteiger partial charge in [-0.25, -0.2) is 0 Å². The fourth-order valence-electron chi connectivity index (χ4n) is 3.66. The molecule has 0 bridgehead atoms. The van der Waals surface area contributed by atoms with Gasteiger partial charge in [0.25, 0.3) is 0 Å². The van der Waals surface area contributed by atoms with Crippen molar-refractivity contribution in [3.8, 4) is 17.5 Å². The molecule has 0 spiro atoms. The van der Waals surface area contributed by atoms with Gasteiger partial charge in [0.05, 0.1) is 11.0 Å². The molecule has 2 nitrogen and oxygen atoms in total. The lowest BCUT2D eigenvalue weighted by atomic mass is 10.1. The molecule has 0 saturated carbocycles. The minimum absolute atomic E-state index is 0.705. The third-order valence-electron chi connectivity index (χ3n) is 4.99. The topological polar surface area (TPSA) is 30.9 Å². The van der Waals surface area contributed by atoms with Gasteiger partial charge in [-0.3, -0.25) is 0 Å². The summed E-state index contributed by atoms with van der Waals surface area (Å²) in [5.74, 6) is 6.47. The largest absolute Gasteiger partial charge is 0.398 e. The molecule has 4 aromatic carbocycles. The van der Waals surface area contributed by atoms with Crippen LogP contribution in [0.25, 0.3) is 27.5 Å². The Hall–Kier alpha value is -3.96. The molecule has 0 unspecified atom stereocenters. The van der Waals surface area contributed by atoms with E-state index in [1.165, 1.54) is 21.8 Å². The summed E-state index contributed by atoms with van der Waals surface area (Å²) in [6.07, 6.45) is 0. The smallest absolute Gasteiger partial charge is 0.0541 e. The molecule has 5 aromatic rings. The number of aromatic nitrogens is 1. The zero-order chi connectivity index (χ0) is 18.9. The van der Waals surface area contributed by atoms with Crippen LogP contribution in [0.15, 0.2) is 97.1 Å². The summed E-state index contributed by atoms with van der Waals surface area (Å²) in [5, 5.41) is 2.43. The van der Waals surface area contributed by atoms with Gasteiger partial charge in [0.1, 0.15) is 0 Å². The predicted molar refractivity (Wildman–Crippen MR) is 118 cm³/mol. The van der Waals surface area contributed by atoms with E-state index >= 15 is 0 Å². The van der Waals surface area contributed by atoms with Gasteiger partial charge in [0.15, 0.2) is 0 Å². The van der Waals surface area contributed by atoms with Crippen molar-refractivity contribution in [2.75, 3.05) is 5.73 Å². The first kappa shape index (κ1) is 16.2. The van der Waals surface area contributed by atoms with Crippen LogP contribution in [0.2, 0.25) is 0 Å². The first-order valence-corrected chi connectivity index (χ1v) is 9.26. The van der Waals surface area contributed by atoms with E-state index < -0.39 is 0 Å². The van der Waals surface area contributed by atoms with Gasteiger partial charge in [-0.15, -0.1) is 0 Å². The van der Waals surface area contributed by atoms with Crippen molar-refractivity contribution in [1.29, 1.82) is 0 Å². The van der Waals surface area contributed by atoms with Gasteiger partial charge in [0, 0.05) is 33.3 Å². The maximum Gasteiger partial charge on any atom is 0.0541 e. The quantitative estimate of drug-likeness (QED) is 0.299. The Morgan fingerprint density at radius 3 is 2.18 bits per heavy atom. The van der Waals surface area contributed by atoms with Crippen LogP contribution in [0.3, 0.4) is 0 Å².